The van der Waals surface area contributed by atoms with E-state index in [9.17, 15) is 4.79 Å². The van der Waals surface area contributed by atoms with Gasteiger partial charge in [-0.1, -0.05) is 6.08 Å². The molecule has 0 rings (SSSR count). The first-order valence-corrected chi connectivity index (χ1v) is 5.33. The number of hydrogen-bond acceptors (Lipinski definition) is 2. The van der Waals surface area contributed by atoms with Crippen LogP contribution in [0.2, 0.25) is 0 Å². The van der Waals surface area contributed by atoms with E-state index in [4.69, 9.17) is 4.74 Å². The van der Waals surface area contributed by atoms with Crippen molar-refractivity contribution in [1.29, 1.82) is 0 Å². The summed E-state index contributed by atoms with van der Waals surface area (Å²) >= 11 is 0. The van der Waals surface area contributed by atoms with Crippen molar-refractivity contribution in [1.82, 2.24) is 0 Å². The zero-order valence-corrected chi connectivity index (χ0v) is 9.51. The van der Waals surface area contributed by atoms with Gasteiger partial charge in [-0.3, -0.25) is 0 Å². The molecular weight excluding hydrogens is 178 g/mol. The molecule has 0 aliphatic heterocycles. The van der Waals surface area contributed by atoms with Gasteiger partial charge in [-0.25, -0.2) is 4.79 Å². The molecule has 0 aliphatic carbocycles. The lowest BCUT2D eigenvalue weighted by Crippen LogP contribution is -3.16. The average molecular weight is 200 g/mol. The standard InChI is InChI=1S/C11H21NO2/c1-5-9-10(11(13)14-8-4)12(6-2)7-3/h5,10H,1,6-9H2,2-4H3/p+1. The van der Waals surface area contributed by atoms with E-state index in [0.29, 0.717) is 13.0 Å². The maximum Gasteiger partial charge on any atom is 0.365 e. The van der Waals surface area contributed by atoms with Gasteiger partial charge >= 0.3 is 5.97 Å². The van der Waals surface area contributed by atoms with E-state index in [1.165, 1.54) is 4.90 Å². The number of rotatable bonds is 7. The quantitative estimate of drug-likeness (QED) is 0.477. The van der Waals surface area contributed by atoms with Crippen LogP contribution in [-0.2, 0) is 9.53 Å². The second-order valence-corrected chi connectivity index (χ2v) is 3.19. The Morgan fingerprint density at radius 1 is 1.43 bits per heavy atom. The first kappa shape index (κ1) is 13.2. The van der Waals surface area contributed by atoms with E-state index in [1.54, 1.807) is 6.08 Å². The van der Waals surface area contributed by atoms with Crippen molar-refractivity contribution < 1.29 is 14.4 Å². The van der Waals surface area contributed by atoms with Gasteiger partial charge in [0.1, 0.15) is 0 Å². The smallest absolute Gasteiger partial charge is 0.365 e. The van der Waals surface area contributed by atoms with Gasteiger partial charge in [-0.15, -0.1) is 6.58 Å². The van der Waals surface area contributed by atoms with Gasteiger partial charge in [0.05, 0.1) is 19.7 Å². The number of ether oxygens (including phenoxy) is 1. The van der Waals surface area contributed by atoms with Gasteiger partial charge < -0.3 is 9.64 Å². The highest BCUT2D eigenvalue weighted by molar-refractivity contribution is 5.74. The van der Waals surface area contributed by atoms with Gasteiger partial charge in [0.25, 0.3) is 0 Å². The van der Waals surface area contributed by atoms with Crippen molar-refractivity contribution >= 4 is 5.97 Å². The maximum absolute atomic E-state index is 11.6. The molecule has 0 aromatic heterocycles. The molecular formula is C11H22NO2+. The zero-order chi connectivity index (χ0) is 11.0. The lowest BCUT2D eigenvalue weighted by Gasteiger charge is -2.23. The fraction of sp³-hybridized carbons (Fsp3) is 0.727. The predicted molar refractivity (Wildman–Crippen MR) is 57.3 cm³/mol. The third-order valence-electron chi connectivity index (χ3n) is 2.37. The maximum atomic E-state index is 11.6. The number of carbonyl (C=O) groups excluding carboxylic acids is 1. The zero-order valence-electron chi connectivity index (χ0n) is 9.51. The van der Waals surface area contributed by atoms with Crippen LogP contribution >= 0.6 is 0 Å². The Balaban J connectivity index is 4.38. The van der Waals surface area contributed by atoms with E-state index < -0.39 is 0 Å². The molecule has 14 heavy (non-hydrogen) atoms. The van der Waals surface area contributed by atoms with Gasteiger partial charge in [0.15, 0.2) is 6.04 Å². The average Bonchev–Trinajstić information content (AvgIpc) is 2.18. The topological polar surface area (TPSA) is 30.7 Å². The van der Waals surface area contributed by atoms with Crippen LogP contribution in [0.3, 0.4) is 0 Å². The molecule has 0 aliphatic rings. The number of carbonyl (C=O) groups is 1. The van der Waals surface area contributed by atoms with Crippen LogP contribution in [-0.4, -0.2) is 31.7 Å². The molecule has 82 valence electrons. The Bertz CT molecular complexity index is 176. The summed E-state index contributed by atoms with van der Waals surface area (Å²) in [6.07, 6.45) is 2.47. The summed E-state index contributed by atoms with van der Waals surface area (Å²) in [5.74, 6) is -0.105. The van der Waals surface area contributed by atoms with Crippen molar-refractivity contribution in [2.45, 2.75) is 33.2 Å². The van der Waals surface area contributed by atoms with Crippen molar-refractivity contribution in [3.63, 3.8) is 0 Å². The Labute approximate surface area is 86.7 Å². The largest absolute Gasteiger partial charge is 0.462 e. The van der Waals surface area contributed by atoms with Crippen LogP contribution in [0.25, 0.3) is 0 Å². The molecule has 1 atom stereocenters. The second kappa shape index (κ2) is 7.56. The van der Waals surface area contributed by atoms with E-state index >= 15 is 0 Å². The molecule has 0 saturated heterocycles. The molecule has 1 N–H and O–H groups in total. The molecule has 0 amide bonds. The first-order valence-electron chi connectivity index (χ1n) is 5.33. The minimum atomic E-state index is -0.105. The molecule has 0 radical (unpaired) electrons. The molecule has 1 unspecified atom stereocenters. The summed E-state index contributed by atoms with van der Waals surface area (Å²) in [5.41, 5.74) is 0. The molecule has 3 heteroatoms. The Morgan fingerprint density at radius 2 is 2.00 bits per heavy atom. The highest BCUT2D eigenvalue weighted by Crippen LogP contribution is 1.93. The fourth-order valence-electron chi connectivity index (χ4n) is 1.58. The number of hydrogen-bond donors (Lipinski definition) is 1. The number of esters is 1. The summed E-state index contributed by atoms with van der Waals surface area (Å²) in [6, 6.07) is -0.0811. The van der Waals surface area contributed by atoms with Crippen LogP contribution in [0.1, 0.15) is 27.2 Å². The summed E-state index contributed by atoms with van der Waals surface area (Å²) in [7, 11) is 0. The summed E-state index contributed by atoms with van der Waals surface area (Å²) < 4.78 is 5.03. The van der Waals surface area contributed by atoms with Crippen molar-refractivity contribution in [2.75, 3.05) is 19.7 Å². The number of nitrogens with one attached hydrogen (secondary N) is 1. The summed E-state index contributed by atoms with van der Waals surface area (Å²) in [5, 5.41) is 0. The molecule has 0 bridgehead atoms. The first-order chi connectivity index (χ1) is 6.71. The van der Waals surface area contributed by atoms with E-state index in [1.807, 2.05) is 6.92 Å². The Hall–Kier alpha value is -0.830. The fourth-order valence-corrected chi connectivity index (χ4v) is 1.58. The number of quaternary nitrogens is 1. The summed E-state index contributed by atoms with van der Waals surface area (Å²) in [4.78, 5) is 12.9. The highest BCUT2D eigenvalue weighted by atomic mass is 16.5. The Morgan fingerprint density at radius 3 is 2.36 bits per heavy atom. The van der Waals surface area contributed by atoms with Crippen molar-refractivity contribution in [3.05, 3.63) is 12.7 Å². The molecule has 0 aromatic rings. The van der Waals surface area contributed by atoms with Gasteiger partial charge in [0.2, 0.25) is 0 Å². The van der Waals surface area contributed by atoms with E-state index in [2.05, 4.69) is 20.4 Å². The lowest BCUT2D eigenvalue weighted by atomic mass is 10.1. The van der Waals surface area contributed by atoms with E-state index in [-0.39, 0.29) is 12.0 Å². The van der Waals surface area contributed by atoms with Crippen LogP contribution in [0.5, 0.6) is 0 Å². The Kier molecular flexibility index (Phi) is 7.11. The SMILES string of the molecule is C=CCC(C(=O)OCC)[NH+](CC)CC. The lowest BCUT2D eigenvalue weighted by molar-refractivity contribution is -0.913. The minimum Gasteiger partial charge on any atom is -0.462 e. The molecule has 0 spiro atoms. The molecule has 3 nitrogen and oxygen atoms in total. The minimum absolute atomic E-state index is 0.0811. The monoisotopic (exact) mass is 200 g/mol. The van der Waals surface area contributed by atoms with Gasteiger partial charge in [-0.05, 0) is 20.8 Å². The molecule has 0 fully saturated rings. The third-order valence-corrected chi connectivity index (χ3v) is 2.37. The van der Waals surface area contributed by atoms with Gasteiger partial charge in [0, 0.05) is 6.42 Å². The van der Waals surface area contributed by atoms with E-state index in [0.717, 1.165) is 13.1 Å². The molecule has 0 saturated carbocycles. The normalized spacial score (nSPS) is 12.6. The van der Waals surface area contributed by atoms with Crippen LogP contribution in [0.4, 0.5) is 0 Å². The summed E-state index contributed by atoms with van der Waals surface area (Å²) in [6.45, 7) is 12.0. The van der Waals surface area contributed by atoms with Crippen molar-refractivity contribution in [3.8, 4) is 0 Å². The third kappa shape index (κ3) is 3.92. The number of likely N-dealkylation sites (N-methyl/N-ethyl adjacent to an activating group) is 1. The second-order valence-electron chi connectivity index (χ2n) is 3.19. The highest BCUT2D eigenvalue weighted by Gasteiger charge is 2.27. The van der Waals surface area contributed by atoms with Crippen LogP contribution in [0, 0.1) is 0 Å². The van der Waals surface area contributed by atoms with Crippen LogP contribution < -0.4 is 4.90 Å². The van der Waals surface area contributed by atoms with Crippen molar-refractivity contribution in [2.24, 2.45) is 0 Å². The molecule has 0 heterocycles. The van der Waals surface area contributed by atoms with Gasteiger partial charge in [-0.2, -0.15) is 0 Å². The molecule has 0 aromatic carbocycles. The van der Waals surface area contributed by atoms with Crippen LogP contribution in [0.15, 0.2) is 12.7 Å². The predicted octanol–water partition coefficient (Wildman–Crippen LogP) is 0.419.